The minimum Gasteiger partial charge on any atom is -0.325 e. The van der Waals surface area contributed by atoms with Crippen LogP contribution in [0.4, 0.5) is 5.69 Å². The van der Waals surface area contributed by atoms with Crippen LogP contribution in [-0.4, -0.2) is 29.6 Å². The van der Waals surface area contributed by atoms with Gasteiger partial charge in [-0.1, -0.05) is 30.0 Å². The van der Waals surface area contributed by atoms with Crippen LogP contribution in [0.2, 0.25) is 0 Å². The van der Waals surface area contributed by atoms with E-state index in [0.29, 0.717) is 17.2 Å². The van der Waals surface area contributed by atoms with Crippen molar-refractivity contribution in [3.05, 3.63) is 48.5 Å². The van der Waals surface area contributed by atoms with Crippen molar-refractivity contribution in [3.63, 3.8) is 0 Å². The van der Waals surface area contributed by atoms with Crippen LogP contribution in [-0.2, 0) is 21.4 Å². The number of carbonyl (C=O) groups is 1. The molecule has 0 fully saturated rings. The van der Waals surface area contributed by atoms with Gasteiger partial charge in [0.05, 0.1) is 21.7 Å². The predicted molar refractivity (Wildman–Crippen MR) is 103 cm³/mol. The molecule has 9 heteroatoms. The van der Waals surface area contributed by atoms with Crippen molar-refractivity contribution < 1.29 is 13.2 Å². The first-order valence-corrected chi connectivity index (χ1v) is 10.4. The van der Waals surface area contributed by atoms with E-state index in [1.807, 2.05) is 41.8 Å². The van der Waals surface area contributed by atoms with Gasteiger partial charge >= 0.3 is 0 Å². The quantitative estimate of drug-likeness (QED) is 0.629. The Bertz CT molecular complexity index is 1050. The van der Waals surface area contributed by atoms with Gasteiger partial charge in [0.25, 0.3) is 0 Å². The lowest BCUT2D eigenvalue weighted by atomic mass is 10.3. The maximum Gasteiger partial charge on any atom is 0.238 e. The molecule has 1 heterocycles. The number of fused-ring (bicyclic) bond motifs is 1. The van der Waals surface area contributed by atoms with Crippen LogP contribution in [0.3, 0.4) is 0 Å². The molecule has 1 amide bonds. The smallest absolute Gasteiger partial charge is 0.238 e. The number of benzene rings is 2. The summed E-state index contributed by atoms with van der Waals surface area (Å²) in [4.78, 5) is 16.6. The topological polar surface area (TPSA) is 107 Å². The normalized spacial score (nSPS) is 11.6. The molecule has 0 radical (unpaired) electrons. The molecule has 0 spiro atoms. The van der Waals surface area contributed by atoms with Gasteiger partial charge in [-0.15, -0.1) is 0 Å². The summed E-state index contributed by atoms with van der Waals surface area (Å²) in [5.74, 6) is 0.0569. The number of hydrogen-bond donors (Lipinski definition) is 2. The second-order valence-electron chi connectivity index (χ2n) is 5.54. The van der Waals surface area contributed by atoms with Gasteiger partial charge in [-0.2, -0.15) is 0 Å². The highest BCUT2D eigenvalue weighted by atomic mass is 32.2. The van der Waals surface area contributed by atoms with Crippen molar-refractivity contribution in [2.75, 3.05) is 11.1 Å². The molecule has 0 saturated heterocycles. The molecule has 7 nitrogen and oxygen atoms in total. The molecule has 0 unspecified atom stereocenters. The van der Waals surface area contributed by atoms with E-state index in [9.17, 15) is 13.2 Å². The molecule has 0 aliphatic heterocycles. The van der Waals surface area contributed by atoms with E-state index < -0.39 is 10.0 Å². The number of primary sulfonamides is 1. The average Bonchev–Trinajstić information content (AvgIpc) is 2.96. The van der Waals surface area contributed by atoms with E-state index in [1.165, 1.54) is 23.9 Å². The van der Waals surface area contributed by atoms with E-state index in [0.717, 1.165) is 11.2 Å². The molecule has 3 rings (SSSR count). The number of imidazole rings is 1. The SMILES string of the molecule is CCn1c(SCC(=O)Nc2ccccc2)nc2cc(S(N)(=O)=O)ccc21. The van der Waals surface area contributed by atoms with Crippen LogP contribution in [0.1, 0.15) is 6.92 Å². The van der Waals surface area contributed by atoms with Gasteiger partial charge in [0.15, 0.2) is 5.16 Å². The molecule has 1 aromatic heterocycles. The Kier molecular flexibility index (Phi) is 5.30. The van der Waals surface area contributed by atoms with Crippen LogP contribution < -0.4 is 10.5 Å². The van der Waals surface area contributed by atoms with Crippen molar-refractivity contribution >= 4 is 44.4 Å². The summed E-state index contributed by atoms with van der Waals surface area (Å²) < 4.78 is 25.0. The standard InChI is InChI=1S/C17H18N4O3S2/c1-2-21-15-9-8-13(26(18,23)24)10-14(15)20-17(21)25-11-16(22)19-12-6-4-3-5-7-12/h3-10H,2,11H2,1H3,(H,19,22)(H2,18,23,24). The number of thioether (sulfide) groups is 1. The molecule has 0 aliphatic rings. The van der Waals surface area contributed by atoms with Crippen LogP contribution in [0.15, 0.2) is 58.6 Å². The summed E-state index contributed by atoms with van der Waals surface area (Å²) in [6, 6.07) is 13.8. The van der Waals surface area contributed by atoms with Gasteiger partial charge in [-0.3, -0.25) is 4.79 Å². The number of rotatable bonds is 6. The number of amides is 1. The maximum atomic E-state index is 12.1. The fourth-order valence-corrected chi connectivity index (χ4v) is 3.94. The zero-order valence-electron chi connectivity index (χ0n) is 14.0. The number of carbonyl (C=O) groups excluding carboxylic acids is 1. The van der Waals surface area contributed by atoms with E-state index in [-0.39, 0.29) is 16.6 Å². The Balaban J connectivity index is 1.80. The lowest BCUT2D eigenvalue weighted by Gasteiger charge is -2.07. The summed E-state index contributed by atoms with van der Waals surface area (Å²) >= 11 is 1.30. The van der Waals surface area contributed by atoms with E-state index in [2.05, 4.69) is 10.3 Å². The Labute approximate surface area is 155 Å². The zero-order chi connectivity index (χ0) is 18.7. The number of sulfonamides is 1. The molecule has 0 atom stereocenters. The Morgan fingerprint density at radius 3 is 2.62 bits per heavy atom. The average molecular weight is 390 g/mol. The Hall–Kier alpha value is -2.36. The number of anilines is 1. The van der Waals surface area contributed by atoms with Crippen molar-refractivity contribution in [2.24, 2.45) is 5.14 Å². The molecule has 2 aromatic carbocycles. The van der Waals surface area contributed by atoms with Crippen molar-refractivity contribution in [3.8, 4) is 0 Å². The Morgan fingerprint density at radius 2 is 1.96 bits per heavy atom. The first-order chi connectivity index (χ1) is 12.4. The van der Waals surface area contributed by atoms with Crippen molar-refractivity contribution in [1.29, 1.82) is 0 Å². The van der Waals surface area contributed by atoms with E-state index in [4.69, 9.17) is 5.14 Å². The third-order valence-electron chi connectivity index (χ3n) is 3.72. The highest BCUT2D eigenvalue weighted by molar-refractivity contribution is 7.99. The molecule has 0 saturated carbocycles. The summed E-state index contributed by atoms with van der Waals surface area (Å²) in [5, 5.41) is 8.65. The first kappa shape index (κ1) is 18.4. The fraction of sp³-hybridized carbons (Fsp3) is 0.176. The van der Waals surface area contributed by atoms with Gasteiger partial charge in [-0.25, -0.2) is 18.5 Å². The summed E-state index contributed by atoms with van der Waals surface area (Å²) in [7, 11) is -3.79. The summed E-state index contributed by atoms with van der Waals surface area (Å²) in [5.41, 5.74) is 2.06. The second-order valence-corrected chi connectivity index (χ2v) is 8.04. The molecule has 0 aliphatic carbocycles. The minimum atomic E-state index is -3.79. The number of aromatic nitrogens is 2. The molecular formula is C17H18N4O3S2. The van der Waals surface area contributed by atoms with Gasteiger partial charge in [0.1, 0.15) is 0 Å². The third kappa shape index (κ3) is 4.06. The fourth-order valence-electron chi connectivity index (χ4n) is 2.53. The summed E-state index contributed by atoms with van der Waals surface area (Å²) in [6.07, 6.45) is 0. The molecule has 26 heavy (non-hydrogen) atoms. The first-order valence-electron chi connectivity index (χ1n) is 7.89. The molecule has 0 bridgehead atoms. The van der Waals surface area contributed by atoms with Crippen LogP contribution >= 0.6 is 11.8 Å². The van der Waals surface area contributed by atoms with Crippen LogP contribution in [0, 0.1) is 0 Å². The maximum absolute atomic E-state index is 12.1. The zero-order valence-corrected chi connectivity index (χ0v) is 15.7. The number of nitrogens with zero attached hydrogens (tertiary/aromatic N) is 2. The number of nitrogens with one attached hydrogen (secondary N) is 1. The lowest BCUT2D eigenvalue weighted by molar-refractivity contribution is -0.113. The minimum absolute atomic E-state index is 0.0177. The van der Waals surface area contributed by atoms with E-state index in [1.54, 1.807) is 6.07 Å². The molecular weight excluding hydrogens is 372 g/mol. The van der Waals surface area contributed by atoms with Crippen LogP contribution in [0.25, 0.3) is 11.0 Å². The highest BCUT2D eigenvalue weighted by Crippen LogP contribution is 2.26. The number of hydrogen-bond acceptors (Lipinski definition) is 5. The van der Waals surface area contributed by atoms with E-state index >= 15 is 0 Å². The van der Waals surface area contributed by atoms with Crippen LogP contribution in [0.5, 0.6) is 0 Å². The van der Waals surface area contributed by atoms with Gasteiger partial charge in [0.2, 0.25) is 15.9 Å². The molecule has 3 N–H and O–H groups in total. The highest BCUT2D eigenvalue weighted by Gasteiger charge is 2.15. The molecule has 3 aromatic rings. The largest absolute Gasteiger partial charge is 0.325 e. The van der Waals surface area contributed by atoms with Gasteiger partial charge in [-0.05, 0) is 37.3 Å². The Morgan fingerprint density at radius 1 is 1.23 bits per heavy atom. The predicted octanol–water partition coefficient (Wildman–Crippen LogP) is 2.43. The lowest BCUT2D eigenvalue weighted by Crippen LogP contribution is -2.14. The second kappa shape index (κ2) is 7.48. The van der Waals surface area contributed by atoms with Gasteiger partial charge < -0.3 is 9.88 Å². The van der Waals surface area contributed by atoms with Gasteiger partial charge in [0, 0.05) is 12.2 Å². The van der Waals surface area contributed by atoms with Crippen molar-refractivity contribution in [1.82, 2.24) is 9.55 Å². The number of nitrogens with two attached hydrogens (primary N) is 1. The summed E-state index contributed by atoms with van der Waals surface area (Å²) in [6.45, 7) is 2.61. The monoisotopic (exact) mass is 390 g/mol. The molecule has 136 valence electrons. The number of aryl methyl sites for hydroxylation is 1. The third-order valence-corrected chi connectivity index (χ3v) is 5.61. The van der Waals surface area contributed by atoms with Crippen molar-refractivity contribution in [2.45, 2.75) is 23.5 Å². The number of para-hydroxylation sites is 1.